The Hall–Kier alpha value is -1.13. The second kappa shape index (κ2) is 5.47. The van der Waals surface area contributed by atoms with Crippen LogP contribution in [-0.2, 0) is 19.9 Å². The summed E-state index contributed by atoms with van der Waals surface area (Å²) in [4.78, 5) is 0. The van der Waals surface area contributed by atoms with Crippen molar-refractivity contribution in [2.45, 2.75) is 18.9 Å². The van der Waals surface area contributed by atoms with Crippen molar-refractivity contribution < 1.29 is 0 Å². The van der Waals surface area contributed by atoms with Gasteiger partial charge in [-0.15, -0.1) is 0 Å². The van der Waals surface area contributed by atoms with Crippen LogP contribution in [0.25, 0.3) is 0 Å². The van der Waals surface area contributed by atoms with Crippen molar-refractivity contribution in [3.05, 3.63) is 52.3 Å². The predicted octanol–water partition coefficient (Wildman–Crippen LogP) is 2.30. The zero-order valence-corrected chi connectivity index (χ0v) is 11.4. The molecule has 1 aromatic heterocycles. The average Bonchev–Trinajstić information content (AvgIpc) is 2.67. The molecule has 3 nitrogen and oxygen atoms in total. The van der Waals surface area contributed by atoms with E-state index in [9.17, 15) is 0 Å². The van der Waals surface area contributed by atoms with E-state index in [1.54, 1.807) is 4.68 Å². The molecule has 2 rings (SSSR count). The van der Waals surface area contributed by atoms with Crippen LogP contribution in [-0.4, -0.2) is 15.8 Å². The zero-order valence-electron chi connectivity index (χ0n) is 9.81. The molecule has 0 amide bonds. The predicted molar refractivity (Wildman–Crippen MR) is 72.7 cm³/mol. The van der Waals surface area contributed by atoms with Gasteiger partial charge in [-0.3, -0.25) is 4.68 Å². The van der Waals surface area contributed by atoms with Gasteiger partial charge in [-0.2, -0.15) is 5.10 Å². The fraction of sp³-hybridized carbons (Fsp3) is 0.308. The third-order valence-corrected chi connectivity index (χ3v) is 3.47. The number of benzene rings is 1. The van der Waals surface area contributed by atoms with Crippen molar-refractivity contribution in [2.24, 2.45) is 12.8 Å². The third kappa shape index (κ3) is 3.41. The van der Waals surface area contributed by atoms with E-state index in [-0.39, 0.29) is 6.04 Å². The Kier molecular flexibility index (Phi) is 3.97. The first-order valence-corrected chi connectivity index (χ1v) is 6.41. The number of halogens is 1. The Morgan fingerprint density at radius 1 is 1.35 bits per heavy atom. The van der Waals surface area contributed by atoms with E-state index in [2.05, 4.69) is 27.1 Å². The molecule has 0 spiro atoms. The molecule has 1 heterocycles. The van der Waals surface area contributed by atoms with Crippen LogP contribution in [0.5, 0.6) is 0 Å². The summed E-state index contributed by atoms with van der Waals surface area (Å²) in [5, 5.41) is 4.15. The molecule has 90 valence electrons. The third-order valence-electron chi connectivity index (χ3n) is 2.70. The van der Waals surface area contributed by atoms with Gasteiger partial charge in [0.05, 0.1) is 6.20 Å². The van der Waals surface area contributed by atoms with Gasteiger partial charge in [0.1, 0.15) is 0 Å². The topological polar surface area (TPSA) is 43.8 Å². The van der Waals surface area contributed by atoms with Gasteiger partial charge in [0.25, 0.3) is 0 Å². The number of rotatable bonds is 4. The van der Waals surface area contributed by atoms with Gasteiger partial charge in [0.15, 0.2) is 0 Å². The maximum atomic E-state index is 6.16. The summed E-state index contributed by atoms with van der Waals surface area (Å²) in [6.45, 7) is 0. The average molecular weight is 294 g/mol. The lowest BCUT2D eigenvalue weighted by Gasteiger charge is -2.11. The van der Waals surface area contributed by atoms with Gasteiger partial charge in [-0.05, 0) is 30.0 Å². The number of aryl methyl sites for hydroxylation is 1. The lowest BCUT2D eigenvalue weighted by atomic mass is 10.0. The Bertz CT molecular complexity index is 493. The van der Waals surface area contributed by atoms with Gasteiger partial charge in [-0.25, -0.2) is 0 Å². The van der Waals surface area contributed by atoms with Crippen molar-refractivity contribution in [1.29, 1.82) is 0 Å². The lowest BCUT2D eigenvalue weighted by Crippen LogP contribution is -2.25. The SMILES string of the molecule is Cn1cc(CC(N)Cc2ccccc2Br)cn1. The normalized spacial score (nSPS) is 12.6. The van der Waals surface area contributed by atoms with E-state index in [0.29, 0.717) is 0 Å². The second-order valence-corrected chi connectivity index (χ2v) is 5.14. The summed E-state index contributed by atoms with van der Waals surface area (Å²) in [5.41, 5.74) is 8.60. The van der Waals surface area contributed by atoms with Crippen LogP contribution in [0, 0.1) is 0 Å². The van der Waals surface area contributed by atoms with Crippen molar-refractivity contribution in [3.8, 4) is 0 Å². The van der Waals surface area contributed by atoms with Crippen LogP contribution in [0.15, 0.2) is 41.1 Å². The molecule has 0 aliphatic carbocycles. The van der Waals surface area contributed by atoms with Crippen LogP contribution < -0.4 is 5.73 Å². The van der Waals surface area contributed by atoms with Crippen molar-refractivity contribution in [2.75, 3.05) is 0 Å². The van der Waals surface area contributed by atoms with Gasteiger partial charge < -0.3 is 5.73 Å². The summed E-state index contributed by atoms with van der Waals surface area (Å²) < 4.78 is 2.93. The van der Waals surface area contributed by atoms with E-state index in [4.69, 9.17) is 5.73 Å². The molecule has 0 bridgehead atoms. The van der Waals surface area contributed by atoms with Crippen molar-refractivity contribution in [3.63, 3.8) is 0 Å². The molecule has 0 aliphatic rings. The zero-order chi connectivity index (χ0) is 12.3. The first kappa shape index (κ1) is 12.3. The summed E-state index contributed by atoms with van der Waals surface area (Å²) in [6.07, 6.45) is 5.62. The Balaban J connectivity index is 1.98. The molecule has 1 aromatic carbocycles. The summed E-state index contributed by atoms with van der Waals surface area (Å²) >= 11 is 3.54. The minimum atomic E-state index is 0.123. The van der Waals surface area contributed by atoms with Crippen LogP contribution >= 0.6 is 15.9 Å². The molecule has 1 atom stereocenters. The molecule has 0 saturated heterocycles. The van der Waals surface area contributed by atoms with E-state index in [0.717, 1.165) is 17.3 Å². The van der Waals surface area contributed by atoms with Crippen molar-refractivity contribution in [1.82, 2.24) is 9.78 Å². The Morgan fingerprint density at radius 3 is 2.76 bits per heavy atom. The minimum absolute atomic E-state index is 0.123. The summed E-state index contributed by atoms with van der Waals surface area (Å²) in [6, 6.07) is 8.33. The standard InChI is InChI=1S/C13H16BrN3/c1-17-9-10(8-16-17)6-12(15)7-11-4-2-3-5-13(11)14/h2-5,8-9,12H,6-7,15H2,1H3. The largest absolute Gasteiger partial charge is 0.327 e. The second-order valence-electron chi connectivity index (χ2n) is 4.28. The summed E-state index contributed by atoms with van der Waals surface area (Å²) in [5.74, 6) is 0. The van der Waals surface area contributed by atoms with Gasteiger partial charge in [0.2, 0.25) is 0 Å². The fourth-order valence-corrected chi connectivity index (χ4v) is 2.35. The highest BCUT2D eigenvalue weighted by atomic mass is 79.9. The van der Waals surface area contributed by atoms with Crippen LogP contribution in [0.3, 0.4) is 0 Å². The smallest absolute Gasteiger partial charge is 0.0522 e. The quantitative estimate of drug-likeness (QED) is 0.940. The Morgan fingerprint density at radius 2 is 2.12 bits per heavy atom. The lowest BCUT2D eigenvalue weighted by molar-refractivity contribution is 0.662. The first-order chi connectivity index (χ1) is 8.15. The molecular formula is C13H16BrN3. The van der Waals surface area contributed by atoms with Crippen LogP contribution in [0.2, 0.25) is 0 Å². The first-order valence-electron chi connectivity index (χ1n) is 5.61. The highest BCUT2D eigenvalue weighted by Crippen LogP contribution is 2.18. The van der Waals surface area contributed by atoms with Gasteiger partial charge in [0, 0.05) is 23.8 Å². The van der Waals surface area contributed by atoms with Gasteiger partial charge >= 0.3 is 0 Å². The number of hydrogen-bond donors (Lipinski definition) is 1. The van der Waals surface area contributed by atoms with Crippen LogP contribution in [0.1, 0.15) is 11.1 Å². The minimum Gasteiger partial charge on any atom is -0.327 e. The molecule has 2 N–H and O–H groups in total. The Labute approximate surface area is 110 Å². The van der Waals surface area contributed by atoms with E-state index in [1.165, 1.54) is 11.1 Å². The fourth-order valence-electron chi connectivity index (χ4n) is 1.90. The maximum absolute atomic E-state index is 6.16. The van der Waals surface area contributed by atoms with E-state index < -0.39 is 0 Å². The number of nitrogens with two attached hydrogens (primary N) is 1. The molecule has 4 heteroatoms. The molecule has 0 fully saturated rings. The molecule has 2 aromatic rings. The summed E-state index contributed by atoms with van der Waals surface area (Å²) in [7, 11) is 1.92. The molecule has 0 radical (unpaired) electrons. The van der Waals surface area contributed by atoms with Crippen LogP contribution in [0.4, 0.5) is 0 Å². The highest BCUT2D eigenvalue weighted by Gasteiger charge is 2.08. The van der Waals surface area contributed by atoms with E-state index in [1.807, 2.05) is 37.6 Å². The number of hydrogen-bond acceptors (Lipinski definition) is 2. The highest BCUT2D eigenvalue weighted by molar-refractivity contribution is 9.10. The van der Waals surface area contributed by atoms with E-state index >= 15 is 0 Å². The maximum Gasteiger partial charge on any atom is 0.0522 e. The molecule has 0 saturated carbocycles. The number of nitrogens with zero attached hydrogens (tertiary/aromatic N) is 2. The molecule has 0 aliphatic heterocycles. The molecular weight excluding hydrogens is 278 g/mol. The molecule has 1 unspecified atom stereocenters. The molecule has 17 heavy (non-hydrogen) atoms. The monoisotopic (exact) mass is 293 g/mol. The van der Waals surface area contributed by atoms with Gasteiger partial charge in [-0.1, -0.05) is 34.1 Å². The van der Waals surface area contributed by atoms with Crippen molar-refractivity contribution >= 4 is 15.9 Å². The number of aromatic nitrogens is 2.